The number of hydrogen-bond acceptors (Lipinski definition) is 3. The summed E-state index contributed by atoms with van der Waals surface area (Å²) in [7, 11) is 0. The molecule has 4 heteroatoms. The lowest BCUT2D eigenvalue weighted by Gasteiger charge is -2.08. The van der Waals surface area contributed by atoms with Crippen LogP contribution in [-0.4, -0.2) is 16.9 Å². The zero-order chi connectivity index (χ0) is 7.84. The Balaban J connectivity index is 2.52. The molecule has 1 aliphatic heterocycles. The Labute approximate surface area is 62.2 Å². The number of H-pyrrole nitrogens is 1. The van der Waals surface area contributed by atoms with E-state index in [1.165, 1.54) is 0 Å². The van der Waals surface area contributed by atoms with Gasteiger partial charge in [-0.1, -0.05) is 0 Å². The fourth-order valence-electron chi connectivity index (χ4n) is 1.08. The number of carbonyl (C=O) groups excluding carboxylic acids is 2. The van der Waals surface area contributed by atoms with Crippen LogP contribution in [0.15, 0.2) is 12.3 Å². The third-order valence-electron chi connectivity index (χ3n) is 1.58. The lowest BCUT2D eigenvalue weighted by molar-refractivity contribution is -0.137. The van der Waals surface area contributed by atoms with Crippen LogP contribution < -0.4 is 0 Å². The van der Waals surface area contributed by atoms with Gasteiger partial charge in [0, 0.05) is 11.9 Å². The average molecular weight is 151 g/mol. The Hall–Kier alpha value is -1.58. The van der Waals surface area contributed by atoms with Gasteiger partial charge < -0.3 is 9.72 Å². The number of fused-ring (bicyclic) bond motifs is 1. The predicted octanol–water partition coefficient (Wildman–Crippen LogP) is 0.254. The molecule has 4 nitrogen and oxygen atoms in total. The van der Waals surface area contributed by atoms with Gasteiger partial charge in [0.15, 0.2) is 0 Å². The summed E-state index contributed by atoms with van der Waals surface area (Å²) in [6.07, 6.45) is 1.78. The molecule has 11 heavy (non-hydrogen) atoms. The third kappa shape index (κ3) is 0.832. The van der Waals surface area contributed by atoms with Gasteiger partial charge in [-0.05, 0) is 6.07 Å². The lowest BCUT2D eigenvalue weighted by atomic mass is 10.1. The van der Waals surface area contributed by atoms with E-state index >= 15 is 0 Å². The van der Waals surface area contributed by atoms with Crippen LogP contribution in [0.5, 0.6) is 0 Å². The Morgan fingerprint density at radius 2 is 2.27 bits per heavy atom. The first kappa shape index (κ1) is 6.15. The van der Waals surface area contributed by atoms with Crippen LogP contribution in [0.25, 0.3) is 0 Å². The van der Waals surface area contributed by atoms with E-state index < -0.39 is 11.9 Å². The first-order chi connectivity index (χ1) is 5.27. The lowest BCUT2D eigenvalue weighted by Crippen LogP contribution is -2.21. The summed E-state index contributed by atoms with van der Waals surface area (Å²) in [6.45, 7) is 0. The van der Waals surface area contributed by atoms with Crippen molar-refractivity contribution in [2.75, 3.05) is 0 Å². The summed E-state index contributed by atoms with van der Waals surface area (Å²) in [5.74, 6) is -1.05. The molecule has 0 aromatic carbocycles. The van der Waals surface area contributed by atoms with Gasteiger partial charge in [0.25, 0.3) is 0 Å². The zero-order valence-corrected chi connectivity index (χ0v) is 5.59. The molecule has 1 N–H and O–H groups in total. The first-order valence-electron chi connectivity index (χ1n) is 3.18. The largest absolute Gasteiger partial charge is 0.389 e. The van der Waals surface area contributed by atoms with Crippen LogP contribution in [-0.2, 0) is 16.0 Å². The molecule has 1 aromatic rings. The molecular formula is C7H5NO3. The van der Waals surface area contributed by atoms with Gasteiger partial charge in [-0.25, -0.2) is 4.79 Å². The second-order valence-electron chi connectivity index (χ2n) is 2.31. The van der Waals surface area contributed by atoms with Crippen LogP contribution in [0.1, 0.15) is 16.1 Å². The monoisotopic (exact) mass is 151 g/mol. The molecule has 1 aromatic heterocycles. The Morgan fingerprint density at radius 3 is 3.09 bits per heavy atom. The number of aromatic amines is 1. The van der Waals surface area contributed by atoms with Crippen LogP contribution in [0, 0.1) is 0 Å². The topological polar surface area (TPSA) is 59.2 Å². The van der Waals surface area contributed by atoms with Gasteiger partial charge in [0.1, 0.15) is 0 Å². The van der Waals surface area contributed by atoms with Crippen molar-refractivity contribution in [2.45, 2.75) is 6.42 Å². The van der Waals surface area contributed by atoms with Crippen LogP contribution in [0.3, 0.4) is 0 Å². The third-order valence-corrected chi connectivity index (χ3v) is 1.58. The van der Waals surface area contributed by atoms with Crippen molar-refractivity contribution >= 4 is 11.9 Å². The zero-order valence-electron chi connectivity index (χ0n) is 5.59. The maximum atomic E-state index is 10.9. The summed E-state index contributed by atoms with van der Waals surface area (Å²) >= 11 is 0. The minimum Gasteiger partial charge on any atom is -0.389 e. The summed E-state index contributed by atoms with van der Waals surface area (Å²) in [5.41, 5.74) is 1.11. The van der Waals surface area contributed by atoms with E-state index in [1.54, 1.807) is 12.3 Å². The van der Waals surface area contributed by atoms with Crippen LogP contribution >= 0.6 is 0 Å². The minimum atomic E-state index is -0.558. The van der Waals surface area contributed by atoms with Crippen molar-refractivity contribution in [1.82, 2.24) is 4.98 Å². The van der Waals surface area contributed by atoms with Gasteiger partial charge in [-0.15, -0.1) is 0 Å². The van der Waals surface area contributed by atoms with Gasteiger partial charge >= 0.3 is 11.9 Å². The highest BCUT2D eigenvalue weighted by atomic mass is 16.6. The van der Waals surface area contributed by atoms with Gasteiger partial charge in [-0.2, -0.15) is 0 Å². The average Bonchev–Trinajstić information content (AvgIpc) is 2.34. The number of nitrogens with one attached hydrogen (secondary N) is 1. The summed E-state index contributed by atoms with van der Waals surface area (Å²) in [4.78, 5) is 24.4. The SMILES string of the molecule is O=C1Cc2[nH]ccc2C(=O)O1. The standard InChI is InChI=1S/C7H5NO3/c9-6-3-5-4(1-2-8-5)7(10)11-6/h1-2,8H,3H2. The molecule has 0 aliphatic carbocycles. The number of cyclic esters (lactones) is 2. The molecule has 1 aliphatic rings. The molecule has 0 radical (unpaired) electrons. The molecule has 0 bridgehead atoms. The molecule has 0 amide bonds. The summed E-state index contributed by atoms with van der Waals surface area (Å²) in [6, 6.07) is 1.60. The maximum absolute atomic E-state index is 10.9. The molecule has 2 heterocycles. The highest BCUT2D eigenvalue weighted by Gasteiger charge is 2.24. The van der Waals surface area contributed by atoms with E-state index in [9.17, 15) is 9.59 Å². The van der Waals surface area contributed by atoms with Gasteiger partial charge in [0.05, 0.1) is 12.0 Å². The second-order valence-corrected chi connectivity index (χ2v) is 2.31. The van der Waals surface area contributed by atoms with Crippen molar-refractivity contribution in [3.63, 3.8) is 0 Å². The molecule has 0 fully saturated rings. The number of hydrogen-bond donors (Lipinski definition) is 1. The van der Waals surface area contributed by atoms with Crippen LogP contribution in [0.2, 0.25) is 0 Å². The van der Waals surface area contributed by atoms with E-state index in [4.69, 9.17) is 0 Å². The molecule has 0 spiro atoms. The number of esters is 2. The Morgan fingerprint density at radius 1 is 1.45 bits per heavy atom. The van der Waals surface area contributed by atoms with Crippen molar-refractivity contribution in [3.05, 3.63) is 23.5 Å². The molecule has 56 valence electrons. The van der Waals surface area contributed by atoms with E-state index in [0.29, 0.717) is 11.3 Å². The molecule has 0 atom stereocenters. The van der Waals surface area contributed by atoms with Crippen LogP contribution in [0.4, 0.5) is 0 Å². The van der Waals surface area contributed by atoms with Crippen molar-refractivity contribution in [1.29, 1.82) is 0 Å². The number of carbonyl (C=O) groups is 2. The fourth-order valence-corrected chi connectivity index (χ4v) is 1.08. The van der Waals surface area contributed by atoms with E-state index in [0.717, 1.165) is 0 Å². The minimum absolute atomic E-state index is 0.161. The molecule has 0 saturated heterocycles. The molecule has 0 unspecified atom stereocenters. The second kappa shape index (κ2) is 1.95. The highest BCUT2D eigenvalue weighted by molar-refractivity contribution is 6.01. The normalized spacial score (nSPS) is 16.0. The molecular weight excluding hydrogens is 146 g/mol. The van der Waals surface area contributed by atoms with E-state index in [1.807, 2.05) is 0 Å². The van der Waals surface area contributed by atoms with Gasteiger partial charge in [-0.3, -0.25) is 4.79 Å². The summed E-state index contributed by atoms with van der Waals surface area (Å²) < 4.78 is 4.37. The molecule has 0 saturated carbocycles. The highest BCUT2D eigenvalue weighted by Crippen LogP contribution is 2.14. The Bertz CT molecular complexity index is 326. The Kier molecular flexibility index (Phi) is 1.09. The van der Waals surface area contributed by atoms with E-state index in [2.05, 4.69) is 9.72 Å². The van der Waals surface area contributed by atoms with Crippen molar-refractivity contribution in [2.24, 2.45) is 0 Å². The number of ether oxygens (including phenoxy) is 1. The van der Waals surface area contributed by atoms with E-state index in [-0.39, 0.29) is 6.42 Å². The molecule has 2 rings (SSSR count). The predicted molar refractivity (Wildman–Crippen MR) is 34.9 cm³/mol. The fraction of sp³-hybridized carbons (Fsp3) is 0.143. The maximum Gasteiger partial charge on any atom is 0.347 e. The number of aromatic nitrogens is 1. The smallest absolute Gasteiger partial charge is 0.347 e. The quantitative estimate of drug-likeness (QED) is 0.427. The summed E-state index contributed by atoms with van der Waals surface area (Å²) in [5, 5.41) is 0. The van der Waals surface area contributed by atoms with Crippen molar-refractivity contribution < 1.29 is 14.3 Å². The first-order valence-corrected chi connectivity index (χ1v) is 3.18. The number of rotatable bonds is 0. The van der Waals surface area contributed by atoms with Crippen molar-refractivity contribution in [3.8, 4) is 0 Å². The van der Waals surface area contributed by atoms with Gasteiger partial charge in [0.2, 0.25) is 0 Å².